The molecule has 0 saturated carbocycles. The molecule has 0 amide bonds. The van der Waals surface area contributed by atoms with Crippen molar-refractivity contribution in [2.24, 2.45) is 17.8 Å². The lowest BCUT2D eigenvalue weighted by Crippen LogP contribution is -2.21. The Bertz CT molecular complexity index is 274. The molecule has 0 spiro atoms. The van der Waals surface area contributed by atoms with E-state index in [0.29, 0.717) is 5.92 Å². The predicted molar refractivity (Wildman–Crippen MR) is 56.1 cm³/mol. The van der Waals surface area contributed by atoms with E-state index in [1.54, 1.807) is 5.57 Å². The first kappa shape index (κ1) is 8.88. The summed E-state index contributed by atoms with van der Waals surface area (Å²) < 4.78 is 0. The van der Waals surface area contributed by atoms with E-state index in [0.717, 1.165) is 18.3 Å². The molecule has 0 aromatic carbocycles. The summed E-state index contributed by atoms with van der Waals surface area (Å²) >= 11 is 0. The minimum absolute atomic E-state index is 0.660. The molecule has 70 valence electrons. The third-order valence-electron chi connectivity index (χ3n) is 3.57. The third kappa shape index (κ3) is 1.66. The lowest BCUT2D eigenvalue weighted by Gasteiger charge is -2.27. The molecule has 2 aliphatic rings. The van der Waals surface area contributed by atoms with Crippen LogP contribution in [0, 0.1) is 29.6 Å². The lowest BCUT2D eigenvalue weighted by atomic mass is 9.76. The molecule has 13 heavy (non-hydrogen) atoms. The molecule has 2 rings (SSSR count). The Morgan fingerprint density at radius 3 is 2.85 bits per heavy atom. The molecule has 3 atom stereocenters. The number of rotatable bonds is 1. The van der Waals surface area contributed by atoms with E-state index < -0.39 is 0 Å². The maximum Gasteiger partial charge on any atom is 0.0294 e. The van der Waals surface area contributed by atoms with Gasteiger partial charge in [0.1, 0.15) is 0 Å². The van der Waals surface area contributed by atoms with Crippen LogP contribution in [0.5, 0.6) is 0 Å². The van der Waals surface area contributed by atoms with Gasteiger partial charge in [0.15, 0.2) is 0 Å². The van der Waals surface area contributed by atoms with Gasteiger partial charge in [0, 0.05) is 12.3 Å². The zero-order valence-corrected chi connectivity index (χ0v) is 8.64. The van der Waals surface area contributed by atoms with E-state index in [2.05, 4.69) is 31.8 Å². The van der Waals surface area contributed by atoms with Crippen LogP contribution in [0.2, 0.25) is 0 Å². The van der Waals surface area contributed by atoms with E-state index in [4.69, 9.17) is 0 Å². The molecular formula is C13H18. The van der Waals surface area contributed by atoms with Crippen LogP contribution in [0.15, 0.2) is 11.6 Å². The van der Waals surface area contributed by atoms with E-state index in [-0.39, 0.29) is 0 Å². The largest absolute Gasteiger partial charge is 0.103 e. The highest BCUT2D eigenvalue weighted by molar-refractivity contribution is 5.20. The van der Waals surface area contributed by atoms with Crippen LogP contribution in [0.3, 0.4) is 0 Å². The van der Waals surface area contributed by atoms with Crippen molar-refractivity contribution in [3.05, 3.63) is 11.6 Å². The maximum atomic E-state index is 3.45. The van der Waals surface area contributed by atoms with Gasteiger partial charge >= 0.3 is 0 Å². The van der Waals surface area contributed by atoms with Gasteiger partial charge in [-0.2, -0.15) is 0 Å². The summed E-state index contributed by atoms with van der Waals surface area (Å²) in [5.74, 6) is 8.99. The predicted octanol–water partition coefficient (Wildman–Crippen LogP) is 3.39. The van der Waals surface area contributed by atoms with Crippen LogP contribution in [0.4, 0.5) is 0 Å². The van der Waals surface area contributed by atoms with Crippen molar-refractivity contribution in [1.82, 2.24) is 0 Å². The van der Waals surface area contributed by atoms with Crippen molar-refractivity contribution in [1.29, 1.82) is 0 Å². The van der Waals surface area contributed by atoms with Gasteiger partial charge in [0.2, 0.25) is 0 Å². The molecule has 0 aliphatic heterocycles. The van der Waals surface area contributed by atoms with Gasteiger partial charge in [-0.15, -0.1) is 5.92 Å². The van der Waals surface area contributed by atoms with Crippen molar-refractivity contribution in [3.63, 3.8) is 0 Å². The lowest BCUT2D eigenvalue weighted by molar-refractivity contribution is 0.318. The Morgan fingerprint density at radius 2 is 2.23 bits per heavy atom. The summed E-state index contributed by atoms with van der Waals surface area (Å²) in [5.41, 5.74) is 1.59. The fraction of sp³-hybridized carbons (Fsp3) is 0.692. The smallest absolute Gasteiger partial charge is 0.0294 e. The Morgan fingerprint density at radius 1 is 1.38 bits per heavy atom. The minimum Gasteiger partial charge on any atom is -0.103 e. The first-order valence-electron chi connectivity index (χ1n) is 5.44. The van der Waals surface area contributed by atoms with E-state index in [1.807, 2.05) is 0 Å². The SMILES string of the molecule is CC1=CCCC1C1C#CCCC1C. The van der Waals surface area contributed by atoms with Crippen LogP contribution < -0.4 is 0 Å². The molecule has 0 bridgehead atoms. The maximum absolute atomic E-state index is 3.45. The van der Waals surface area contributed by atoms with Crippen molar-refractivity contribution in [3.8, 4) is 11.8 Å². The van der Waals surface area contributed by atoms with E-state index in [9.17, 15) is 0 Å². The molecule has 0 aromatic heterocycles. The molecule has 0 heterocycles. The third-order valence-corrected chi connectivity index (χ3v) is 3.57. The summed E-state index contributed by atoms with van der Waals surface area (Å²) in [6.07, 6.45) is 7.44. The van der Waals surface area contributed by atoms with Gasteiger partial charge in [0.25, 0.3) is 0 Å². The molecule has 0 radical (unpaired) electrons. The second-order valence-corrected chi connectivity index (χ2v) is 4.49. The van der Waals surface area contributed by atoms with Crippen molar-refractivity contribution >= 4 is 0 Å². The van der Waals surface area contributed by atoms with E-state index >= 15 is 0 Å². The standard InChI is InChI=1S/C13H18/c1-10-6-3-4-8-12(10)13-9-5-7-11(13)2/h7,10,12-13H,3,5-6,9H2,1-2H3. The highest BCUT2D eigenvalue weighted by atomic mass is 14.3. The second-order valence-electron chi connectivity index (χ2n) is 4.49. The molecule has 3 unspecified atom stereocenters. The first-order valence-corrected chi connectivity index (χ1v) is 5.44. The monoisotopic (exact) mass is 174 g/mol. The topological polar surface area (TPSA) is 0 Å². The fourth-order valence-corrected chi connectivity index (χ4v) is 2.64. The minimum atomic E-state index is 0.660. The molecule has 0 fully saturated rings. The van der Waals surface area contributed by atoms with Gasteiger partial charge in [-0.25, -0.2) is 0 Å². The highest BCUT2D eigenvalue weighted by Gasteiger charge is 2.29. The molecule has 0 saturated heterocycles. The van der Waals surface area contributed by atoms with Crippen molar-refractivity contribution in [2.75, 3.05) is 0 Å². The second kappa shape index (κ2) is 3.58. The molecule has 0 N–H and O–H groups in total. The molecular weight excluding hydrogens is 156 g/mol. The van der Waals surface area contributed by atoms with Crippen LogP contribution in [-0.2, 0) is 0 Å². The summed E-state index contributed by atoms with van der Waals surface area (Å²) in [7, 11) is 0. The summed E-state index contributed by atoms with van der Waals surface area (Å²) in [4.78, 5) is 0. The molecule has 2 aliphatic carbocycles. The normalized spacial score (nSPS) is 38.0. The zero-order chi connectivity index (χ0) is 9.26. The zero-order valence-electron chi connectivity index (χ0n) is 8.64. The van der Waals surface area contributed by atoms with Gasteiger partial charge in [-0.3, -0.25) is 0 Å². The Kier molecular flexibility index (Phi) is 2.44. The van der Waals surface area contributed by atoms with E-state index in [1.165, 1.54) is 19.3 Å². The van der Waals surface area contributed by atoms with Gasteiger partial charge in [-0.05, 0) is 38.0 Å². The quantitative estimate of drug-likeness (QED) is 0.422. The van der Waals surface area contributed by atoms with Gasteiger partial charge < -0.3 is 0 Å². The fourth-order valence-electron chi connectivity index (χ4n) is 2.64. The van der Waals surface area contributed by atoms with Gasteiger partial charge in [-0.1, -0.05) is 24.5 Å². The molecule has 0 nitrogen and oxygen atoms in total. The van der Waals surface area contributed by atoms with Crippen molar-refractivity contribution < 1.29 is 0 Å². The Balaban J connectivity index is 2.13. The highest BCUT2D eigenvalue weighted by Crippen LogP contribution is 2.37. The summed E-state index contributed by atoms with van der Waals surface area (Å²) in [5, 5.41) is 0. The number of allylic oxidation sites excluding steroid dienone is 2. The Labute approximate surface area is 81.4 Å². The summed E-state index contributed by atoms with van der Waals surface area (Å²) in [6, 6.07) is 0. The van der Waals surface area contributed by atoms with Gasteiger partial charge in [0.05, 0.1) is 0 Å². The number of hydrogen-bond acceptors (Lipinski definition) is 0. The molecule has 0 heteroatoms. The van der Waals surface area contributed by atoms with Crippen LogP contribution in [0.1, 0.15) is 39.5 Å². The number of hydrogen-bond donors (Lipinski definition) is 0. The Hall–Kier alpha value is -0.700. The average molecular weight is 174 g/mol. The van der Waals surface area contributed by atoms with Crippen LogP contribution >= 0.6 is 0 Å². The summed E-state index contributed by atoms with van der Waals surface area (Å²) in [6.45, 7) is 4.64. The average Bonchev–Trinajstić information content (AvgIpc) is 2.52. The van der Waals surface area contributed by atoms with Crippen molar-refractivity contribution in [2.45, 2.75) is 39.5 Å². The molecule has 0 aromatic rings. The van der Waals surface area contributed by atoms with Crippen LogP contribution in [0.25, 0.3) is 0 Å². The van der Waals surface area contributed by atoms with Crippen LogP contribution in [-0.4, -0.2) is 0 Å². The first-order chi connectivity index (χ1) is 6.29.